The highest BCUT2D eigenvalue weighted by atomic mass is 32.1. The van der Waals surface area contributed by atoms with E-state index in [1.165, 1.54) is 0 Å². The quantitative estimate of drug-likeness (QED) is 0.587. The van der Waals surface area contributed by atoms with Crippen LogP contribution in [0.2, 0.25) is 0 Å². The summed E-state index contributed by atoms with van der Waals surface area (Å²) in [5, 5.41) is 0. The molecule has 0 amide bonds. The minimum absolute atomic E-state index is 0.221. The lowest BCUT2D eigenvalue weighted by molar-refractivity contribution is 0.673. The molecule has 72 valence electrons. The minimum atomic E-state index is 0.221. The molecule has 0 saturated heterocycles. The van der Waals surface area contributed by atoms with Crippen LogP contribution in [0, 0.1) is 4.77 Å². The molecule has 0 bridgehead atoms. The summed E-state index contributed by atoms with van der Waals surface area (Å²) in [5.74, 6) is 0. The molecular weight excluding hydrogens is 192 g/mol. The number of nitrogens with zero attached hydrogens (tertiary/aromatic N) is 1. The van der Waals surface area contributed by atoms with Gasteiger partial charge in [0.2, 0.25) is 0 Å². The summed E-state index contributed by atoms with van der Waals surface area (Å²) in [5.41, 5.74) is 2.20. The van der Waals surface area contributed by atoms with Crippen molar-refractivity contribution < 1.29 is 0 Å². The van der Waals surface area contributed by atoms with Gasteiger partial charge in [0.1, 0.15) is 0 Å². The molecule has 1 aromatic carbocycles. The SMILES string of the molecule is C=CC(C)n1c(=S)[nH]c2ccccc21. The van der Waals surface area contributed by atoms with Gasteiger partial charge < -0.3 is 9.55 Å². The van der Waals surface area contributed by atoms with Crippen LogP contribution in [0.1, 0.15) is 13.0 Å². The average molecular weight is 204 g/mol. The van der Waals surface area contributed by atoms with Gasteiger partial charge in [0.25, 0.3) is 0 Å². The number of nitrogens with one attached hydrogen (secondary N) is 1. The normalized spacial score (nSPS) is 12.9. The summed E-state index contributed by atoms with van der Waals surface area (Å²) in [6.45, 7) is 5.86. The van der Waals surface area contributed by atoms with E-state index in [1.54, 1.807) is 0 Å². The molecule has 2 rings (SSSR count). The van der Waals surface area contributed by atoms with Crippen LogP contribution in [0.15, 0.2) is 36.9 Å². The van der Waals surface area contributed by atoms with E-state index in [4.69, 9.17) is 12.2 Å². The van der Waals surface area contributed by atoms with Crippen LogP contribution in [0.3, 0.4) is 0 Å². The Labute approximate surface area is 87.9 Å². The van der Waals surface area contributed by atoms with E-state index < -0.39 is 0 Å². The fourth-order valence-electron chi connectivity index (χ4n) is 1.58. The Balaban J connectivity index is 2.80. The molecule has 2 nitrogen and oxygen atoms in total. The molecule has 0 aliphatic rings. The van der Waals surface area contributed by atoms with E-state index in [1.807, 2.05) is 24.3 Å². The highest BCUT2D eigenvalue weighted by Crippen LogP contribution is 2.18. The standard InChI is InChI=1S/C11H12N2S/c1-3-8(2)13-10-7-5-4-6-9(10)12-11(13)14/h3-8H,1H2,2H3,(H,12,14). The van der Waals surface area contributed by atoms with E-state index in [0.717, 1.165) is 15.8 Å². The van der Waals surface area contributed by atoms with Crippen molar-refractivity contribution in [3.63, 3.8) is 0 Å². The van der Waals surface area contributed by atoms with Crippen molar-refractivity contribution in [3.05, 3.63) is 41.7 Å². The summed E-state index contributed by atoms with van der Waals surface area (Å²) < 4.78 is 2.82. The van der Waals surface area contributed by atoms with E-state index in [9.17, 15) is 0 Å². The van der Waals surface area contributed by atoms with Gasteiger partial charge in [0.05, 0.1) is 17.1 Å². The molecule has 2 aromatic rings. The van der Waals surface area contributed by atoms with Gasteiger partial charge in [-0.2, -0.15) is 0 Å². The maximum Gasteiger partial charge on any atom is 0.178 e. The first-order valence-electron chi connectivity index (χ1n) is 4.56. The molecular formula is C11H12N2S. The third-order valence-corrected chi connectivity index (χ3v) is 2.67. The molecule has 0 aliphatic heterocycles. The predicted molar refractivity (Wildman–Crippen MR) is 62.0 cm³/mol. The lowest BCUT2D eigenvalue weighted by Gasteiger charge is -2.08. The van der Waals surface area contributed by atoms with E-state index >= 15 is 0 Å². The number of hydrogen-bond acceptors (Lipinski definition) is 1. The number of hydrogen-bond donors (Lipinski definition) is 1. The zero-order chi connectivity index (χ0) is 10.1. The lowest BCUT2D eigenvalue weighted by atomic mass is 10.3. The molecule has 1 atom stereocenters. The second-order valence-corrected chi connectivity index (χ2v) is 3.68. The average Bonchev–Trinajstić information content (AvgIpc) is 2.53. The molecule has 3 heteroatoms. The Morgan fingerprint density at radius 3 is 2.93 bits per heavy atom. The fraction of sp³-hybridized carbons (Fsp3) is 0.182. The number of fused-ring (bicyclic) bond motifs is 1. The van der Waals surface area contributed by atoms with Crippen molar-refractivity contribution in [3.8, 4) is 0 Å². The minimum Gasteiger partial charge on any atom is -0.331 e. The summed E-state index contributed by atoms with van der Waals surface area (Å²) in [7, 11) is 0. The van der Waals surface area contributed by atoms with Gasteiger partial charge >= 0.3 is 0 Å². The van der Waals surface area contributed by atoms with Crippen molar-refractivity contribution in [1.82, 2.24) is 9.55 Å². The van der Waals surface area contributed by atoms with Crippen LogP contribution in [-0.4, -0.2) is 9.55 Å². The van der Waals surface area contributed by atoms with Gasteiger partial charge in [-0.25, -0.2) is 0 Å². The van der Waals surface area contributed by atoms with Gasteiger partial charge in [-0.15, -0.1) is 6.58 Å². The molecule has 14 heavy (non-hydrogen) atoms. The zero-order valence-corrected chi connectivity index (χ0v) is 8.84. The zero-order valence-electron chi connectivity index (χ0n) is 8.03. The van der Waals surface area contributed by atoms with Crippen molar-refractivity contribution in [2.24, 2.45) is 0 Å². The Morgan fingerprint density at radius 2 is 2.21 bits per heavy atom. The van der Waals surface area contributed by atoms with Crippen molar-refractivity contribution in [1.29, 1.82) is 0 Å². The van der Waals surface area contributed by atoms with Crippen molar-refractivity contribution in [2.45, 2.75) is 13.0 Å². The summed E-state index contributed by atoms with van der Waals surface area (Å²) in [6, 6.07) is 8.31. The number of allylic oxidation sites excluding steroid dienone is 1. The smallest absolute Gasteiger partial charge is 0.178 e. The Kier molecular flexibility index (Phi) is 2.25. The molecule has 0 saturated carbocycles. The summed E-state index contributed by atoms with van der Waals surface area (Å²) in [4.78, 5) is 3.17. The van der Waals surface area contributed by atoms with Gasteiger partial charge in [0.15, 0.2) is 4.77 Å². The number of aromatic nitrogens is 2. The maximum absolute atomic E-state index is 5.26. The molecule has 1 heterocycles. The monoisotopic (exact) mass is 204 g/mol. The fourth-order valence-corrected chi connectivity index (χ4v) is 1.96. The maximum atomic E-state index is 5.26. The predicted octanol–water partition coefficient (Wildman–Crippen LogP) is 3.45. The Hall–Kier alpha value is -1.35. The van der Waals surface area contributed by atoms with Crippen LogP contribution < -0.4 is 0 Å². The summed E-state index contributed by atoms with van der Waals surface area (Å²) in [6.07, 6.45) is 1.88. The first-order chi connectivity index (χ1) is 6.74. The van der Waals surface area contributed by atoms with Crippen LogP contribution in [-0.2, 0) is 0 Å². The molecule has 0 aliphatic carbocycles. The number of H-pyrrole nitrogens is 1. The molecule has 0 fully saturated rings. The molecule has 1 N–H and O–H groups in total. The van der Waals surface area contributed by atoms with Gasteiger partial charge in [-0.3, -0.25) is 0 Å². The number of imidazole rings is 1. The van der Waals surface area contributed by atoms with Gasteiger partial charge in [0, 0.05) is 0 Å². The van der Waals surface area contributed by atoms with Gasteiger partial charge in [-0.1, -0.05) is 18.2 Å². The highest BCUT2D eigenvalue weighted by molar-refractivity contribution is 7.71. The number of aromatic amines is 1. The van der Waals surface area contributed by atoms with Gasteiger partial charge in [-0.05, 0) is 31.3 Å². The molecule has 1 unspecified atom stereocenters. The van der Waals surface area contributed by atoms with E-state index in [2.05, 4.69) is 29.1 Å². The van der Waals surface area contributed by atoms with Crippen molar-refractivity contribution >= 4 is 23.3 Å². The molecule has 0 spiro atoms. The van der Waals surface area contributed by atoms with Crippen molar-refractivity contribution in [2.75, 3.05) is 0 Å². The Morgan fingerprint density at radius 1 is 1.50 bits per heavy atom. The van der Waals surface area contributed by atoms with Crippen LogP contribution in [0.5, 0.6) is 0 Å². The largest absolute Gasteiger partial charge is 0.331 e. The highest BCUT2D eigenvalue weighted by Gasteiger charge is 2.06. The lowest BCUT2D eigenvalue weighted by Crippen LogP contribution is -2.01. The number of rotatable bonds is 2. The number of para-hydroxylation sites is 2. The third kappa shape index (κ3) is 1.30. The molecule has 0 radical (unpaired) electrons. The van der Waals surface area contributed by atoms with Crippen LogP contribution in [0.4, 0.5) is 0 Å². The van der Waals surface area contributed by atoms with Crippen LogP contribution in [0.25, 0.3) is 11.0 Å². The topological polar surface area (TPSA) is 20.7 Å². The second-order valence-electron chi connectivity index (χ2n) is 3.29. The first kappa shape index (κ1) is 9.21. The van der Waals surface area contributed by atoms with E-state index in [-0.39, 0.29) is 6.04 Å². The Bertz CT molecular complexity index is 521. The molecule has 1 aromatic heterocycles. The first-order valence-corrected chi connectivity index (χ1v) is 4.96. The summed E-state index contributed by atoms with van der Waals surface area (Å²) >= 11 is 5.26. The number of benzene rings is 1. The van der Waals surface area contributed by atoms with E-state index in [0.29, 0.717) is 0 Å². The third-order valence-electron chi connectivity index (χ3n) is 2.37. The second kappa shape index (κ2) is 3.42. The van der Waals surface area contributed by atoms with Crippen LogP contribution >= 0.6 is 12.2 Å².